The molecule has 144 valence electrons. The van der Waals surface area contributed by atoms with Crippen LogP contribution in [0.4, 0.5) is 0 Å². The fraction of sp³-hybridized carbons (Fsp3) is 0.346. The first kappa shape index (κ1) is 16.4. The molecule has 4 aromatic rings. The summed E-state index contributed by atoms with van der Waals surface area (Å²) in [6.07, 6.45) is 7.87. The predicted octanol–water partition coefficient (Wildman–Crippen LogP) is 6.86. The lowest BCUT2D eigenvalue weighted by Crippen LogP contribution is -2.31. The second-order valence-electron chi connectivity index (χ2n) is 9.29. The molecule has 2 aromatic carbocycles. The molecule has 1 aliphatic heterocycles. The number of thiophene rings is 1. The van der Waals surface area contributed by atoms with Crippen LogP contribution in [0.15, 0.2) is 42.6 Å². The molecule has 0 amide bonds. The molecule has 2 aliphatic carbocycles. The van der Waals surface area contributed by atoms with Crippen LogP contribution in [0.5, 0.6) is 11.5 Å². The van der Waals surface area contributed by atoms with E-state index in [-0.39, 0.29) is 0 Å². The predicted molar refractivity (Wildman–Crippen MR) is 119 cm³/mol. The van der Waals surface area contributed by atoms with E-state index in [1.807, 2.05) is 11.3 Å². The van der Waals surface area contributed by atoms with Gasteiger partial charge in [0.1, 0.15) is 18.2 Å². The Balaban J connectivity index is 1.55. The molecule has 2 aromatic heterocycles. The Morgan fingerprint density at radius 1 is 1.10 bits per heavy atom. The van der Waals surface area contributed by atoms with Gasteiger partial charge >= 0.3 is 0 Å². The minimum Gasteiger partial charge on any atom is -0.454 e. The van der Waals surface area contributed by atoms with Crippen LogP contribution in [0, 0.1) is 18.8 Å². The lowest BCUT2D eigenvalue weighted by atomic mass is 9.86. The van der Waals surface area contributed by atoms with Crippen molar-refractivity contribution in [1.82, 2.24) is 0 Å². The van der Waals surface area contributed by atoms with E-state index >= 15 is 0 Å². The van der Waals surface area contributed by atoms with Crippen molar-refractivity contribution in [1.29, 1.82) is 0 Å². The van der Waals surface area contributed by atoms with Crippen molar-refractivity contribution in [2.75, 3.05) is 0 Å². The van der Waals surface area contributed by atoms with E-state index in [1.165, 1.54) is 68.2 Å². The molecule has 0 spiro atoms. The minimum absolute atomic E-state index is 0.697. The molecule has 0 N–H and O–H groups in total. The second kappa shape index (κ2) is 5.60. The van der Waals surface area contributed by atoms with Gasteiger partial charge in [-0.1, -0.05) is 30.7 Å². The molecule has 3 unspecified atom stereocenters. The highest BCUT2D eigenvalue weighted by molar-refractivity contribution is 7.19. The molecule has 2 bridgehead atoms. The summed E-state index contributed by atoms with van der Waals surface area (Å²) in [5.41, 5.74) is 3.91. The first-order valence-corrected chi connectivity index (χ1v) is 11.7. The Kier molecular flexibility index (Phi) is 3.17. The third kappa shape index (κ3) is 2.09. The van der Waals surface area contributed by atoms with Crippen LogP contribution in [0.1, 0.15) is 42.0 Å². The third-order valence-electron chi connectivity index (χ3n) is 7.75. The Bertz CT molecular complexity index is 1330. The SMILES string of the molecule is Cc1c2c(cc3ccccc13)Oc1c(C3CC4CCC3C4)sc3cc[n+](C)c-2c13. The average Bonchev–Trinajstić information content (AvgIpc) is 3.45. The van der Waals surface area contributed by atoms with E-state index in [4.69, 9.17) is 4.74 Å². The van der Waals surface area contributed by atoms with Crippen LogP contribution >= 0.6 is 11.3 Å². The molecule has 2 saturated carbocycles. The molecule has 29 heavy (non-hydrogen) atoms. The van der Waals surface area contributed by atoms with Gasteiger partial charge in [-0.3, -0.25) is 0 Å². The number of benzene rings is 2. The average molecular weight is 399 g/mol. The largest absolute Gasteiger partial charge is 0.454 e. The summed E-state index contributed by atoms with van der Waals surface area (Å²) in [6, 6.07) is 13.2. The summed E-state index contributed by atoms with van der Waals surface area (Å²) < 4.78 is 10.5. The molecular formula is C26H24NOS+. The molecule has 3 heteroatoms. The summed E-state index contributed by atoms with van der Waals surface area (Å²) in [4.78, 5) is 1.51. The van der Waals surface area contributed by atoms with Crippen LogP contribution < -0.4 is 9.30 Å². The van der Waals surface area contributed by atoms with Crippen molar-refractivity contribution in [2.45, 2.75) is 38.5 Å². The van der Waals surface area contributed by atoms with Crippen LogP contribution in [0.3, 0.4) is 0 Å². The quantitative estimate of drug-likeness (QED) is 0.281. The van der Waals surface area contributed by atoms with Crippen LogP contribution in [-0.2, 0) is 7.05 Å². The lowest BCUT2D eigenvalue weighted by molar-refractivity contribution is -0.659. The Morgan fingerprint density at radius 3 is 2.83 bits per heavy atom. The minimum atomic E-state index is 0.697. The van der Waals surface area contributed by atoms with E-state index in [0.717, 1.165) is 23.3 Å². The number of pyridine rings is 1. The van der Waals surface area contributed by atoms with Gasteiger partial charge in [-0.05, 0) is 60.4 Å². The molecule has 0 saturated heterocycles. The number of fused-ring (bicyclic) bond motifs is 5. The first-order chi connectivity index (χ1) is 14.2. The normalized spacial score (nSPS) is 24.3. The first-order valence-electron chi connectivity index (χ1n) is 10.8. The van der Waals surface area contributed by atoms with Gasteiger partial charge in [-0.25, -0.2) is 4.57 Å². The maximum Gasteiger partial charge on any atom is 0.228 e. The van der Waals surface area contributed by atoms with E-state index < -0.39 is 0 Å². The van der Waals surface area contributed by atoms with Gasteiger partial charge in [-0.2, -0.15) is 0 Å². The molecule has 3 atom stereocenters. The van der Waals surface area contributed by atoms with Gasteiger partial charge in [0.2, 0.25) is 5.69 Å². The standard InChI is InChI=1S/C26H24NOS/c1-14-18-6-4-3-5-16(18)13-20-22(14)24-23-21(9-10-27(24)2)29-26(25(23)28-20)19-12-15-7-8-17(19)11-15/h3-6,9-10,13,15,17,19H,7-8,11-12H2,1-2H3/q+1. The van der Waals surface area contributed by atoms with Crippen molar-refractivity contribution in [3.05, 3.63) is 53.0 Å². The summed E-state index contributed by atoms with van der Waals surface area (Å²) >= 11 is 1.99. The molecule has 3 heterocycles. The molecule has 3 aliphatic rings. The van der Waals surface area contributed by atoms with Crippen molar-refractivity contribution in [2.24, 2.45) is 18.9 Å². The Morgan fingerprint density at radius 2 is 2.00 bits per heavy atom. The van der Waals surface area contributed by atoms with Crippen LogP contribution in [0.25, 0.3) is 32.1 Å². The topological polar surface area (TPSA) is 13.1 Å². The summed E-state index contributed by atoms with van der Waals surface area (Å²) in [7, 11) is 2.18. The Labute approximate surface area is 174 Å². The summed E-state index contributed by atoms with van der Waals surface area (Å²) in [5.74, 6) is 4.70. The summed E-state index contributed by atoms with van der Waals surface area (Å²) in [5, 5.41) is 3.92. The third-order valence-corrected chi connectivity index (χ3v) is 9.02. The number of hydrogen-bond donors (Lipinski definition) is 0. The number of ether oxygens (including phenoxy) is 1. The smallest absolute Gasteiger partial charge is 0.228 e. The van der Waals surface area contributed by atoms with E-state index in [0.29, 0.717) is 5.92 Å². The van der Waals surface area contributed by atoms with Crippen molar-refractivity contribution < 1.29 is 9.30 Å². The van der Waals surface area contributed by atoms with E-state index in [9.17, 15) is 0 Å². The lowest BCUT2D eigenvalue weighted by Gasteiger charge is -2.24. The van der Waals surface area contributed by atoms with Gasteiger partial charge in [-0.15, -0.1) is 11.3 Å². The number of aromatic nitrogens is 1. The maximum absolute atomic E-state index is 6.78. The second-order valence-corrected chi connectivity index (χ2v) is 10.4. The Hall–Kier alpha value is -2.39. The van der Waals surface area contributed by atoms with Crippen molar-refractivity contribution in [3.63, 3.8) is 0 Å². The number of rotatable bonds is 1. The van der Waals surface area contributed by atoms with Crippen molar-refractivity contribution >= 4 is 32.2 Å². The zero-order valence-corrected chi connectivity index (χ0v) is 17.7. The van der Waals surface area contributed by atoms with Gasteiger partial charge in [0.25, 0.3) is 0 Å². The van der Waals surface area contributed by atoms with Crippen LogP contribution in [0.2, 0.25) is 0 Å². The molecule has 2 nitrogen and oxygen atoms in total. The van der Waals surface area contributed by atoms with Gasteiger partial charge < -0.3 is 4.74 Å². The zero-order valence-electron chi connectivity index (χ0n) is 16.9. The highest BCUT2D eigenvalue weighted by Crippen LogP contribution is 2.60. The van der Waals surface area contributed by atoms with E-state index in [2.05, 4.69) is 61.1 Å². The monoisotopic (exact) mass is 398 g/mol. The summed E-state index contributed by atoms with van der Waals surface area (Å²) in [6.45, 7) is 2.25. The van der Waals surface area contributed by atoms with Crippen LogP contribution in [-0.4, -0.2) is 0 Å². The fourth-order valence-electron chi connectivity index (χ4n) is 6.42. The molecule has 2 fully saturated rings. The number of nitrogens with zero attached hydrogens (tertiary/aromatic N) is 1. The molecule has 0 radical (unpaired) electrons. The number of hydrogen-bond acceptors (Lipinski definition) is 2. The molecule has 7 rings (SSSR count). The highest BCUT2D eigenvalue weighted by Gasteiger charge is 2.44. The number of aryl methyl sites for hydroxylation is 2. The molecular weight excluding hydrogens is 374 g/mol. The maximum atomic E-state index is 6.78. The van der Waals surface area contributed by atoms with E-state index in [1.54, 1.807) is 0 Å². The van der Waals surface area contributed by atoms with Crippen molar-refractivity contribution in [3.8, 4) is 22.8 Å². The van der Waals surface area contributed by atoms with Gasteiger partial charge in [0.15, 0.2) is 11.9 Å². The highest BCUT2D eigenvalue weighted by atomic mass is 32.1. The fourth-order valence-corrected chi connectivity index (χ4v) is 7.75. The van der Waals surface area contributed by atoms with Gasteiger partial charge in [0, 0.05) is 12.0 Å². The van der Waals surface area contributed by atoms with Gasteiger partial charge in [0.05, 0.1) is 15.1 Å². The zero-order chi connectivity index (χ0) is 19.3.